The van der Waals surface area contributed by atoms with E-state index in [0.717, 1.165) is 17.5 Å². The van der Waals surface area contributed by atoms with Crippen LogP contribution in [-0.2, 0) is 22.5 Å². The minimum Gasteiger partial charge on any atom is -0.383 e. The summed E-state index contributed by atoms with van der Waals surface area (Å²) in [4.78, 5) is 13.5. The number of hydrogen-bond acceptors (Lipinski definition) is 6. The molecule has 0 bridgehead atoms. The van der Waals surface area contributed by atoms with E-state index in [9.17, 15) is 4.79 Å². The lowest BCUT2D eigenvalue weighted by molar-refractivity contribution is -0.118. The van der Waals surface area contributed by atoms with E-state index in [1.165, 1.54) is 7.11 Å². The predicted molar refractivity (Wildman–Crippen MR) is 109 cm³/mol. The van der Waals surface area contributed by atoms with Crippen molar-refractivity contribution in [1.82, 2.24) is 20.2 Å². The molecular formula is C19H23ClN6O2. The van der Waals surface area contributed by atoms with E-state index in [1.807, 2.05) is 54.6 Å². The highest BCUT2D eigenvalue weighted by molar-refractivity contribution is 5.94. The third-order valence-corrected chi connectivity index (χ3v) is 3.99. The van der Waals surface area contributed by atoms with E-state index in [1.54, 1.807) is 4.80 Å². The van der Waals surface area contributed by atoms with E-state index in [0.29, 0.717) is 18.1 Å². The molecule has 1 unspecified atom stereocenters. The number of anilines is 1. The minimum absolute atomic E-state index is 0. The Morgan fingerprint density at radius 3 is 2.57 bits per heavy atom. The number of nitrogens with one attached hydrogen (secondary N) is 1. The largest absolute Gasteiger partial charge is 0.383 e. The molecule has 28 heavy (non-hydrogen) atoms. The van der Waals surface area contributed by atoms with Gasteiger partial charge in [0.25, 0.3) is 0 Å². The number of carbonyl (C=O) groups excluding carboxylic acids is 1. The highest BCUT2D eigenvalue weighted by Gasteiger charge is 2.13. The smallest absolute Gasteiger partial charge is 0.243 e. The number of ether oxygens (including phenoxy) is 1. The molecule has 1 amide bonds. The SMILES string of the molecule is COCC(N)C(=O)Nc1ccc(CCn2nnc(-c3ccccc3)n2)cc1.Cl. The standard InChI is InChI=1S/C19H22N6O2.ClH/c1-27-13-17(20)19(26)21-16-9-7-14(8-10-16)11-12-25-23-18(22-24-25)15-5-3-2-4-6-15;/h2-10,17H,11-13,20H2,1H3,(H,21,26);1H. The first-order chi connectivity index (χ1) is 13.2. The normalized spacial score (nSPS) is 11.5. The Hall–Kier alpha value is -2.81. The number of rotatable bonds is 8. The van der Waals surface area contributed by atoms with Gasteiger partial charge in [0.2, 0.25) is 11.7 Å². The third kappa shape index (κ3) is 5.85. The molecule has 0 fully saturated rings. The Morgan fingerprint density at radius 1 is 1.18 bits per heavy atom. The maximum absolute atomic E-state index is 11.9. The number of carbonyl (C=O) groups is 1. The zero-order valence-electron chi connectivity index (χ0n) is 15.5. The van der Waals surface area contributed by atoms with Gasteiger partial charge in [-0.2, -0.15) is 4.80 Å². The Morgan fingerprint density at radius 2 is 1.89 bits per heavy atom. The molecule has 0 spiro atoms. The summed E-state index contributed by atoms with van der Waals surface area (Å²) in [5.41, 5.74) is 8.44. The molecule has 1 aromatic heterocycles. The summed E-state index contributed by atoms with van der Waals surface area (Å²) in [6, 6.07) is 16.6. The van der Waals surface area contributed by atoms with Crippen LogP contribution in [0.15, 0.2) is 54.6 Å². The van der Waals surface area contributed by atoms with E-state index in [4.69, 9.17) is 10.5 Å². The van der Waals surface area contributed by atoms with Crippen LogP contribution in [-0.4, -0.2) is 45.9 Å². The molecule has 8 nitrogen and oxygen atoms in total. The summed E-state index contributed by atoms with van der Waals surface area (Å²) in [6.45, 7) is 0.796. The van der Waals surface area contributed by atoms with Gasteiger partial charge in [-0.05, 0) is 29.3 Å². The number of hydrogen-bond donors (Lipinski definition) is 2. The summed E-state index contributed by atoms with van der Waals surface area (Å²) in [5.74, 6) is 0.339. The van der Waals surface area contributed by atoms with Crippen molar-refractivity contribution in [2.45, 2.75) is 19.0 Å². The predicted octanol–water partition coefficient (Wildman–Crippen LogP) is 1.92. The van der Waals surface area contributed by atoms with Crippen molar-refractivity contribution in [1.29, 1.82) is 0 Å². The molecule has 0 aliphatic heterocycles. The number of aryl methyl sites for hydroxylation is 2. The molecule has 0 saturated heterocycles. The summed E-state index contributed by atoms with van der Waals surface area (Å²) in [6.07, 6.45) is 0.752. The number of nitrogens with two attached hydrogens (primary N) is 1. The number of nitrogens with zero attached hydrogens (tertiary/aromatic N) is 4. The van der Waals surface area contributed by atoms with Crippen LogP contribution in [0.5, 0.6) is 0 Å². The lowest BCUT2D eigenvalue weighted by Crippen LogP contribution is -2.39. The summed E-state index contributed by atoms with van der Waals surface area (Å²) in [7, 11) is 1.51. The van der Waals surface area contributed by atoms with Crippen molar-refractivity contribution >= 4 is 24.0 Å². The maximum Gasteiger partial charge on any atom is 0.243 e. The molecule has 1 heterocycles. The summed E-state index contributed by atoms with van der Waals surface area (Å²) >= 11 is 0. The van der Waals surface area contributed by atoms with Gasteiger partial charge in [0.1, 0.15) is 6.04 Å². The first-order valence-electron chi connectivity index (χ1n) is 8.63. The van der Waals surface area contributed by atoms with Crippen LogP contribution < -0.4 is 11.1 Å². The van der Waals surface area contributed by atoms with Crippen LogP contribution in [0.3, 0.4) is 0 Å². The maximum atomic E-state index is 11.9. The average molecular weight is 403 g/mol. The van der Waals surface area contributed by atoms with Crippen molar-refractivity contribution in [2.75, 3.05) is 19.0 Å². The number of halogens is 1. The molecule has 0 aliphatic carbocycles. The zero-order chi connectivity index (χ0) is 19.1. The first kappa shape index (κ1) is 21.5. The number of amides is 1. The van der Waals surface area contributed by atoms with Crippen LogP contribution in [0.4, 0.5) is 5.69 Å². The lowest BCUT2D eigenvalue weighted by atomic mass is 10.1. The molecule has 2 aromatic carbocycles. The summed E-state index contributed by atoms with van der Waals surface area (Å²) in [5, 5.41) is 15.3. The van der Waals surface area contributed by atoms with Crippen LogP contribution in [0.25, 0.3) is 11.4 Å². The molecular weight excluding hydrogens is 380 g/mol. The number of tetrazole rings is 1. The number of benzene rings is 2. The Balaban J connectivity index is 0.00000280. The Labute approximate surface area is 169 Å². The number of aromatic nitrogens is 4. The first-order valence-corrected chi connectivity index (χ1v) is 8.63. The Bertz CT molecular complexity index is 870. The van der Waals surface area contributed by atoms with E-state index < -0.39 is 6.04 Å². The molecule has 0 radical (unpaired) electrons. The molecule has 0 saturated carbocycles. The van der Waals surface area contributed by atoms with Crippen molar-refractivity contribution in [3.8, 4) is 11.4 Å². The monoisotopic (exact) mass is 402 g/mol. The second kappa shape index (κ2) is 10.5. The topological polar surface area (TPSA) is 108 Å². The fraction of sp³-hybridized carbons (Fsp3) is 0.263. The van der Waals surface area contributed by atoms with Crippen LogP contribution in [0.2, 0.25) is 0 Å². The molecule has 1 atom stereocenters. The van der Waals surface area contributed by atoms with E-state index in [2.05, 4.69) is 20.7 Å². The lowest BCUT2D eigenvalue weighted by Gasteiger charge is -2.11. The fourth-order valence-corrected chi connectivity index (χ4v) is 2.51. The van der Waals surface area contributed by atoms with Crippen molar-refractivity contribution < 1.29 is 9.53 Å². The van der Waals surface area contributed by atoms with Gasteiger partial charge in [-0.3, -0.25) is 4.79 Å². The van der Waals surface area contributed by atoms with Gasteiger partial charge < -0.3 is 15.8 Å². The van der Waals surface area contributed by atoms with Gasteiger partial charge in [0.15, 0.2) is 0 Å². The van der Waals surface area contributed by atoms with E-state index in [-0.39, 0.29) is 24.9 Å². The van der Waals surface area contributed by atoms with Gasteiger partial charge in [0.05, 0.1) is 13.2 Å². The van der Waals surface area contributed by atoms with Gasteiger partial charge in [0, 0.05) is 18.4 Å². The molecule has 148 valence electrons. The van der Waals surface area contributed by atoms with Crippen LogP contribution in [0, 0.1) is 0 Å². The quantitative estimate of drug-likeness (QED) is 0.596. The van der Waals surface area contributed by atoms with E-state index >= 15 is 0 Å². The number of methoxy groups -OCH3 is 1. The molecule has 3 rings (SSSR count). The molecule has 9 heteroatoms. The highest BCUT2D eigenvalue weighted by Crippen LogP contribution is 2.13. The van der Waals surface area contributed by atoms with Crippen molar-refractivity contribution in [2.24, 2.45) is 5.73 Å². The van der Waals surface area contributed by atoms with Crippen molar-refractivity contribution in [3.63, 3.8) is 0 Å². The molecule has 3 aromatic rings. The van der Waals surface area contributed by atoms with Crippen molar-refractivity contribution in [3.05, 3.63) is 60.2 Å². The van der Waals surface area contributed by atoms with Crippen LogP contribution >= 0.6 is 12.4 Å². The van der Waals surface area contributed by atoms with Gasteiger partial charge in [-0.15, -0.1) is 22.6 Å². The zero-order valence-corrected chi connectivity index (χ0v) is 16.3. The third-order valence-electron chi connectivity index (χ3n) is 3.99. The fourth-order valence-electron chi connectivity index (χ4n) is 2.51. The average Bonchev–Trinajstić information content (AvgIpc) is 3.17. The second-order valence-corrected chi connectivity index (χ2v) is 6.07. The van der Waals surface area contributed by atoms with Gasteiger partial charge in [-0.1, -0.05) is 42.5 Å². The second-order valence-electron chi connectivity index (χ2n) is 6.07. The summed E-state index contributed by atoms with van der Waals surface area (Å²) < 4.78 is 4.88. The molecule has 0 aliphatic rings. The Kier molecular flexibility index (Phi) is 8.06. The highest BCUT2D eigenvalue weighted by atomic mass is 35.5. The molecule has 3 N–H and O–H groups in total. The van der Waals surface area contributed by atoms with Crippen LogP contribution in [0.1, 0.15) is 5.56 Å². The van der Waals surface area contributed by atoms with Gasteiger partial charge >= 0.3 is 0 Å². The minimum atomic E-state index is -0.688. The van der Waals surface area contributed by atoms with Gasteiger partial charge in [-0.25, -0.2) is 0 Å².